The Morgan fingerprint density at radius 3 is 2.55 bits per heavy atom. The van der Waals surface area contributed by atoms with Gasteiger partial charge in [-0.15, -0.1) is 11.3 Å². The Balaban J connectivity index is 1.41. The third kappa shape index (κ3) is 4.01. The monoisotopic (exact) mass is 479 g/mol. The zero-order chi connectivity index (χ0) is 23.2. The number of halogens is 1. The molecule has 0 aliphatic carbocycles. The van der Waals surface area contributed by atoms with Crippen molar-refractivity contribution in [1.82, 2.24) is 9.88 Å². The minimum absolute atomic E-state index is 0.0316. The summed E-state index contributed by atoms with van der Waals surface area (Å²) in [6.07, 6.45) is 3.03. The van der Waals surface area contributed by atoms with Crippen LogP contribution in [0, 0.1) is 5.82 Å². The summed E-state index contributed by atoms with van der Waals surface area (Å²) in [6.45, 7) is 0.592. The average molecular weight is 480 g/mol. The van der Waals surface area contributed by atoms with Gasteiger partial charge in [0.25, 0.3) is 15.9 Å². The van der Waals surface area contributed by atoms with Crippen LogP contribution in [0.3, 0.4) is 0 Å². The van der Waals surface area contributed by atoms with Gasteiger partial charge in [0.2, 0.25) is 0 Å². The van der Waals surface area contributed by atoms with Crippen LogP contribution in [-0.2, 0) is 16.6 Å². The van der Waals surface area contributed by atoms with Crippen LogP contribution in [-0.4, -0.2) is 31.3 Å². The number of pyridine rings is 1. The van der Waals surface area contributed by atoms with E-state index in [0.29, 0.717) is 6.54 Å². The normalized spacial score (nSPS) is 13.3. The van der Waals surface area contributed by atoms with Crippen molar-refractivity contribution in [2.75, 3.05) is 11.8 Å². The van der Waals surface area contributed by atoms with Crippen molar-refractivity contribution in [2.45, 2.75) is 11.4 Å². The summed E-state index contributed by atoms with van der Waals surface area (Å²) in [5, 5.41) is 0. The molecule has 33 heavy (non-hydrogen) atoms. The first kappa shape index (κ1) is 21.3. The quantitative estimate of drug-likeness (QED) is 0.437. The number of aromatic nitrogens is 1. The van der Waals surface area contributed by atoms with Gasteiger partial charge in [0.1, 0.15) is 10.7 Å². The predicted molar refractivity (Wildman–Crippen MR) is 126 cm³/mol. The lowest BCUT2D eigenvalue weighted by Crippen LogP contribution is -2.17. The molecule has 3 heterocycles. The van der Waals surface area contributed by atoms with Crippen LogP contribution in [0.2, 0.25) is 0 Å². The van der Waals surface area contributed by atoms with Gasteiger partial charge < -0.3 is 4.90 Å². The lowest BCUT2D eigenvalue weighted by atomic mass is 10.1. The van der Waals surface area contributed by atoms with E-state index in [4.69, 9.17) is 0 Å². The highest BCUT2D eigenvalue weighted by Crippen LogP contribution is 2.37. The Bertz CT molecular complexity index is 1500. The third-order valence-corrected chi connectivity index (χ3v) is 7.98. The summed E-state index contributed by atoms with van der Waals surface area (Å²) < 4.78 is 41.6. The Kier molecular flexibility index (Phi) is 5.22. The second-order valence-electron chi connectivity index (χ2n) is 7.70. The van der Waals surface area contributed by atoms with Gasteiger partial charge in [-0.05, 0) is 53.6 Å². The number of nitrogens with one attached hydrogen (secondary N) is 1. The van der Waals surface area contributed by atoms with E-state index in [1.165, 1.54) is 35.7 Å². The SMILES string of the molecule is CN1Cc2cc(-c3ccc(-c4cncc(NS(=O)(=O)c5ccccc5F)c4)s3)ccc2C1=O. The van der Waals surface area contributed by atoms with Crippen LogP contribution >= 0.6 is 11.3 Å². The van der Waals surface area contributed by atoms with Gasteiger partial charge in [-0.25, -0.2) is 12.8 Å². The van der Waals surface area contributed by atoms with E-state index >= 15 is 0 Å². The number of thiophene rings is 1. The molecule has 166 valence electrons. The van der Waals surface area contributed by atoms with Crippen molar-refractivity contribution in [2.24, 2.45) is 0 Å². The molecule has 2 aromatic carbocycles. The Labute approximate surface area is 194 Å². The molecule has 1 aliphatic rings. The summed E-state index contributed by atoms with van der Waals surface area (Å²) in [7, 11) is -2.31. The maximum atomic E-state index is 14.0. The van der Waals surface area contributed by atoms with Crippen molar-refractivity contribution in [3.8, 4) is 20.9 Å². The zero-order valence-corrected chi connectivity index (χ0v) is 19.1. The number of fused-ring (bicyclic) bond motifs is 1. The van der Waals surface area contributed by atoms with Gasteiger partial charge in [-0.3, -0.25) is 14.5 Å². The van der Waals surface area contributed by atoms with Crippen LogP contribution < -0.4 is 4.72 Å². The zero-order valence-electron chi connectivity index (χ0n) is 17.4. The van der Waals surface area contributed by atoms with Gasteiger partial charge in [-0.1, -0.05) is 18.2 Å². The number of amides is 1. The molecule has 0 bridgehead atoms. The molecule has 1 N–H and O–H groups in total. The first-order chi connectivity index (χ1) is 15.8. The summed E-state index contributed by atoms with van der Waals surface area (Å²) in [5.41, 5.74) is 3.72. The van der Waals surface area contributed by atoms with Crippen LogP contribution in [0.25, 0.3) is 20.9 Å². The van der Waals surface area contributed by atoms with Crippen molar-refractivity contribution in [3.05, 3.63) is 90.0 Å². The van der Waals surface area contributed by atoms with Gasteiger partial charge in [0.05, 0.1) is 11.9 Å². The predicted octanol–water partition coefficient (Wildman–Crippen LogP) is 5.00. The molecule has 4 aromatic rings. The molecule has 0 fully saturated rings. The van der Waals surface area contributed by atoms with Crippen molar-refractivity contribution in [1.29, 1.82) is 0 Å². The van der Waals surface area contributed by atoms with Crippen LogP contribution in [0.15, 0.2) is 78.0 Å². The summed E-state index contributed by atoms with van der Waals surface area (Å²) >= 11 is 1.54. The number of carbonyl (C=O) groups is 1. The molecule has 6 nitrogen and oxygen atoms in total. The van der Waals surface area contributed by atoms with Gasteiger partial charge >= 0.3 is 0 Å². The summed E-state index contributed by atoms with van der Waals surface area (Å²) in [4.78, 5) is 19.5. The molecular formula is C24H18FN3O3S2. The van der Waals surface area contributed by atoms with E-state index in [9.17, 15) is 17.6 Å². The van der Waals surface area contributed by atoms with Gasteiger partial charge in [-0.2, -0.15) is 0 Å². The number of rotatable bonds is 5. The van der Waals surface area contributed by atoms with Crippen LogP contribution in [0.4, 0.5) is 10.1 Å². The number of hydrogen-bond donors (Lipinski definition) is 1. The maximum absolute atomic E-state index is 14.0. The number of sulfonamides is 1. The Morgan fingerprint density at radius 2 is 1.76 bits per heavy atom. The number of carbonyl (C=O) groups excluding carboxylic acids is 1. The molecule has 1 amide bonds. The first-order valence-electron chi connectivity index (χ1n) is 10.0. The fourth-order valence-corrected chi connectivity index (χ4v) is 5.87. The number of benzene rings is 2. The molecule has 0 unspecified atom stereocenters. The highest BCUT2D eigenvalue weighted by atomic mass is 32.2. The Morgan fingerprint density at radius 1 is 1.00 bits per heavy atom. The Hall–Kier alpha value is -3.56. The molecule has 5 rings (SSSR count). The lowest BCUT2D eigenvalue weighted by Gasteiger charge is -2.09. The average Bonchev–Trinajstić information content (AvgIpc) is 3.39. The minimum Gasteiger partial charge on any atom is -0.337 e. The standard InChI is InChI=1S/C24H18FN3O3S2/c1-28-14-17-10-15(6-7-19(17)24(28)29)21-8-9-22(32-21)16-11-18(13-26-12-16)27-33(30,31)23-5-3-2-4-20(23)25/h2-13,27H,14H2,1H3. The molecular weight excluding hydrogens is 461 g/mol. The highest BCUT2D eigenvalue weighted by Gasteiger charge is 2.24. The molecule has 9 heteroatoms. The molecule has 1 aliphatic heterocycles. The number of nitrogens with zero attached hydrogens (tertiary/aromatic N) is 2. The van der Waals surface area contributed by atoms with Crippen molar-refractivity contribution in [3.63, 3.8) is 0 Å². The van der Waals surface area contributed by atoms with E-state index in [-0.39, 0.29) is 11.6 Å². The van der Waals surface area contributed by atoms with Gasteiger partial charge in [0.15, 0.2) is 0 Å². The van der Waals surface area contributed by atoms with Crippen LogP contribution in [0.1, 0.15) is 15.9 Å². The largest absolute Gasteiger partial charge is 0.337 e. The van der Waals surface area contributed by atoms with Crippen molar-refractivity contribution >= 4 is 33.0 Å². The van der Waals surface area contributed by atoms with Gasteiger partial charge in [0, 0.05) is 40.7 Å². The molecule has 0 spiro atoms. The highest BCUT2D eigenvalue weighted by molar-refractivity contribution is 7.92. The lowest BCUT2D eigenvalue weighted by molar-refractivity contribution is 0.0816. The molecule has 0 atom stereocenters. The smallest absolute Gasteiger partial charge is 0.264 e. The summed E-state index contributed by atoms with van der Waals surface area (Å²) in [6, 6.07) is 16.6. The fraction of sp³-hybridized carbons (Fsp3) is 0.0833. The molecule has 2 aromatic heterocycles. The van der Waals surface area contributed by atoms with E-state index in [1.54, 1.807) is 24.2 Å². The topological polar surface area (TPSA) is 79.4 Å². The second-order valence-corrected chi connectivity index (χ2v) is 10.4. The summed E-state index contributed by atoms with van der Waals surface area (Å²) in [5.74, 6) is -0.789. The maximum Gasteiger partial charge on any atom is 0.264 e. The van der Waals surface area contributed by atoms with E-state index < -0.39 is 20.7 Å². The second kappa shape index (κ2) is 8.09. The van der Waals surface area contributed by atoms with E-state index in [1.807, 2.05) is 30.3 Å². The molecule has 0 saturated heterocycles. The minimum atomic E-state index is -4.09. The molecule has 0 radical (unpaired) electrons. The third-order valence-electron chi connectivity index (χ3n) is 5.38. The first-order valence-corrected chi connectivity index (χ1v) is 12.3. The van der Waals surface area contributed by atoms with Crippen LogP contribution in [0.5, 0.6) is 0 Å². The van der Waals surface area contributed by atoms with Crippen molar-refractivity contribution < 1.29 is 17.6 Å². The fourth-order valence-electron chi connectivity index (χ4n) is 3.77. The number of anilines is 1. The number of hydrogen-bond acceptors (Lipinski definition) is 5. The van der Waals surface area contributed by atoms with E-state index in [0.717, 1.165) is 38.1 Å². The van der Waals surface area contributed by atoms with E-state index in [2.05, 4.69) is 9.71 Å². The molecule has 0 saturated carbocycles.